The maximum Gasteiger partial charge on any atom is 0.255 e. The average Bonchev–Trinajstić information content (AvgIpc) is 2.69. The summed E-state index contributed by atoms with van der Waals surface area (Å²) in [4.78, 5) is 24.4. The van der Waals surface area contributed by atoms with E-state index >= 15 is 0 Å². The molecule has 0 aliphatic rings. The fourth-order valence-electron chi connectivity index (χ4n) is 2.58. The first-order valence-corrected chi connectivity index (χ1v) is 8.40. The number of hydrogen-bond acceptors (Lipinski definition) is 3. The van der Waals surface area contributed by atoms with Gasteiger partial charge < -0.3 is 10.6 Å². The van der Waals surface area contributed by atoms with Crippen LogP contribution < -0.4 is 10.6 Å². The van der Waals surface area contributed by atoms with Gasteiger partial charge in [0, 0.05) is 11.3 Å². The minimum atomic E-state index is -0.320. The predicted octanol–water partition coefficient (Wildman–Crippen LogP) is 3.99. The van der Waals surface area contributed by atoms with Crippen LogP contribution in [-0.2, 0) is 11.2 Å². The molecule has 27 heavy (non-hydrogen) atoms. The third-order valence-electron chi connectivity index (χ3n) is 3.93. The van der Waals surface area contributed by atoms with E-state index in [9.17, 15) is 9.59 Å². The number of hydrogen-bond donors (Lipinski definition) is 2. The first kappa shape index (κ1) is 17.9. The summed E-state index contributed by atoms with van der Waals surface area (Å²) in [6.07, 6.45) is 0.286. The Kier molecular flexibility index (Phi) is 5.60. The van der Waals surface area contributed by atoms with Crippen molar-refractivity contribution < 1.29 is 9.59 Å². The van der Waals surface area contributed by atoms with Gasteiger partial charge in [-0.25, -0.2) is 0 Å². The van der Waals surface area contributed by atoms with E-state index in [1.165, 1.54) is 0 Å². The molecule has 0 bridgehead atoms. The highest BCUT2D eigenvalue weighted by Gasteiger charge is 2.09. The molecular weight excluding hydrogens is 338 g/mol. The Balaban J connectivity index is 1.62. The summed E-state index contributed by atoms with van der Waals surface area (Å²) in [5, 5.41) is 14.6. The molecule has 0 unspecified atom stereocenters. The van der Waals surface area contributed by atoms with Gasteiger partial charge in [-0.15, -0.1) is 0 Å². The van der Waals surface area contributed by atoms with Gasteiger partial charge in [0.2, 0.25) is 5.91 Å². The van der Waals surface area contributed by atoms with E-state index in [1.54, 1.807) is 48.5 Å². The van der Waals surface area contributed by atoms with Crippen LogP contribution >= 0.6 is 0 Å². The van der Waals surface area contributed by atoms with Crippen molar-refractivity contribution in [3.8, 4) is 6.07 Å². The molecule has 2 amide bonds. The lowest BCUT2D eigenvalue weighted by Gasteiger charge is -2.08. The van der Waals surface area contributed by atoms with E-state index < -0.39 is 0 Å². The van der Waals surface area contributed by atoms with Crippen molar-refractivity contribution in [1.29, 1.82) is 5.26 Å². The van der Waals surface area contributed by atoms with Gasteiger partial charge in [0.15, 0.2) is 0 Å². The van der Waals surface area contributed by atoms with Crippen LogP contribution in [0.1, 0.15) is 21.5 Å². The summed E-state index contributed by atoms with van der Waals surface area (Å²) < 4.78 is 0. The van der Waals surface area contributed by atoms with Gasteiger partial charge in [0.05, 0.1) is 17.7 Å². The van der Waals surface area contributed by atoms with E-state index in [0.29, 0.717) is 22.5 Å². The highest BCUT2D eigenvalue weighted by molar-refractivity contribution is 6.05. The predicted molar refractivity (Wildman–Crippen MR) is 104 cm³/mol. The van der Waals surface area contributed by atoms with Crippen LogP contribution in [-0.4, -0.2) is 11.8 Å². The summed E-state index contributed by atoms with van der Waals surface area (Å²) in [5.74, 6) is -0.443. The van der Waals surface area contributed by atoms with Gasteiger partial charge in [-0.05, 0) is 42.0 Å². The summed E-state index contributed by atoms with van der Waals surface area (Å²) in [6.45, 7) is 0. The third-order valence-corrected chi connectivity index (χ3v) is 3.93. The Hall–Kier alpha value is -3.91. The Morgan fingerprint density at radius 3 is 2.19 bits per heavy atom. The van der Waals surface area contributed by atoms with E-state index in [0.717, 1.165) is 5.56 Å². The third kappa shape index (κ3) is 4.80. The molecule has 5 nitrogen and oxygen atoms in total. The average molecular weight is 355 g/mol. The lowest BCUT2D eigenvalue weighted by molar-refractivity contribution is -0.115. The van der Waals surface area contributed by atoms with E-state index in [4.69, 9.17) is 5.26 Å². The standard InChI is InChI=1S/C22H17N3O2/c23-15-18-8-4-5-9-20(18)25-22(27)17-10-12-19(13-11-17)24-21(26)14-16-6-2-1-3-7-16/h1-13H,14H2,(H,24,26)(H,25,27). The molecule has 0 saturated carbocycles. The van der Waals surface area contributed by atoms with Crippen LogP contribution in [0.2, 0.25) is 0 Å². The first-order valence-electron chi connectivity index (χ1n) is 8.40. The molecule has 3 aromatic carbocycles. The number of anilines is 2. The highest BCUT2D eigenvalue weighted by atomic mass is 16.2. The quantitative estimate of drug-likeness (QED) is 0.726. The largest absolute Gasteiger partial charge is 0.326 e. The zero-order valence-corrected chi connectivity index (χ0v) is 14.5. The number of benzene rings is 3. The van der Waals surface area contributed by atoms with Crippen LogP contribution in [0.15, 0.2) is 78.9 Å². The molecule has 0 fully saturated rings. The van der Waals surface area contributed by atoms with Crippen molar-refractivity contribution in [3.63, 3.8) is 0 Å². The smallest absolute Gasteiger partial charge is 0.255 e. The summed E-state index contributed by atoms with van der Waals surface area (Å²) >= 11 is 0. The second-order valence-corrected chi connectivity index (χ2v) is 5.90. The molecule has 0 radical (unpaired) electrons. The van der Waals surface area contributed by atoms with E-state index in [2.05, 4.69) is 10.6 Å². The molecule has 0 aliphatic heterocycles. The van der Waals surface area contributed by atoms with Gasteiger partial charge >= 0.3 is 0 Å². The minimum absolute atomic E-state index is 0.124. The van der Waals surface area contributed by atoms with E-state index in [1.807, 2.05) is 36.4 Å². The Morgan fingerprint density at radius 1 is 0.815 bits per heavy atom. The number of nitrogens with one attached hydrogen (secondary N) is 2. The monoisotopic (exact) mass is 355 g/mol. The number of nitrogens with zero attached hydrogens (tertiary/aromatic N) is 1. The topological polar surface area (TPSA) is 82.0 Å². The first-order chi connectivity index (χ1) is 13.2. The van der Waals surface area contributed by atoms with Crippen molar-refractivity contribution in [2.75, 3.05) is 10.6 Å². The molecular formula is C22H17N3O2. The Labute approximate surface area is 157 Å². The van der Waals surface area contributed by atoms with Crippen LogP contribution in [0.25, 0.3) is 0 Å². The Bertz CT molecular complexity index is 990. The second-order valence-electron chi connectivity index (χ2n) is 5.90. The molecule has 132 valence electrons. The molecule has 0 aliphatic carbocycles. The lowest BCUT2D eigenvalue weighted by Crippen LogP contribution is -2.15. The fraction of sp³-hybridized carbons (Fsp3) is 0.0455. The summed E-state index contributed by atoms with van der Waals surface area (Å²) in [5.41, 5.74) is 2.84. The summed E-state index contributed by atoms with van der Waals surface area (Å²) in [7, 11) is 0. The molecule has 3 rings (SSSR count). The van der Waals surface area contributed by atoms with Gasteiger partial charge in [-0.2, -0.15) is 5.26 Å². The molecule has 0 spiro atoms. The van der Waals surface area contributed by atoms with Crippen LogP contribution in [0, 0.1) is 11.3 Å². The number of carbonyl (C=O) groups excluding carboxylic acids is 2. The number of carbonyl (C=O) groups is 2. The number of para-hydroxylation sites is 1. The Morgan fingerprint density at radius 2 is 1.48 bits per heavy atom. The lowest BCUT2D eigenvalue weighted by atomic mass is 10.1. The van der Waals surface area contributed by atoms with Gasteiger partial charge in [0.1, 0.15) is 6.07 Å². The second kappa shape index (κ2) is 8.45. The normalized spacial score (nSPS) is 9.89. The van der Waals surface area contributed by atoms with Crippen LogP contribution in [0.3, 0.4) is 0 Å². The van der Waals surface area contributed by atoms with Crippen molar-refractivity contribution >= 4 is 23.2 Å². The number of amides is 2. The van der Waals surface area contributed by atoms with Crippen LogP contribution in [0.4, 0.5) is 11.4 Å². The molecule has 0 aromatic heterocycles. The number of nitriles is 1. The highest BCUT2D eigenvalue weighted by Crippen LogP contribution is 2.16. The van der Waals surface area contributed by atoms with Crippen molar-refractivity contribution in [1.82, 2.24) is 0 Å². The van der Waals surface area contributed by atoms with E-state index in [-0.39, 0.29) is 18.2 Å². The molecule has 0 heterocycles. The molecule has 5 heteroatoms. The van der Waals surface area contributed by atoms with Crippen LogP contribution in [0.5, 0.6) is 0 Å². The zero-order chi connectivity index (χ0) is 19.1. The van der Waals surface area contributed by atoms with Crippen molar-refractivity contribution in [2.45, 2.75) is 6.42 Å². The minimum Gasteiger partial charge on any atom is -0.326 e. The number of rotatable bonds is 5. The van der Waals surface area contributed by atoms with Gasteiger partial charge in [-0.3, -0.25) is 9.59 Å². The van der Waals surface area contributed by atoms with Gasteiger partial charge in [0.25, 0.3) is 5.91 Å². The fourth-order valence-corrected chi connectivity index (χ4v) is 2.58. The maximum absolute atomic E-state index is 12.3. The SMILES string of the molecule is N#Cc1ccccc1NC(=O)c1ccc(NC(=O)Cc2ccccc2)cc1. The molecule has 0 atom stereocenters. The zero-order valence-electron chi connectivity index (χ0n) is 14.5. The maximum atomic E-state index is 12.3. The summed E-state index contributed by atoms with van der Waals surface area (Å²) in [6, 6.07) is 24.9. The van der Waals surface area contributed by atoms with Crippen molar-refractivity contribution in [3.05, 3.63) is 95.6 Å². The van der Waals surface area contributed by atoms with Crippen molar-refractivity contribution in [2.24, 2.45) is 0 Å². The molecule has 3 aromatic rings. The molecule has 2 N–H and O–H groups in total. The molecule has 0 saturated heterocycles. The van der Waals surface area contributed by atoms with Gasteiger partial charge in [-0.1, -0.05) is 42.5 Å².